The lowest BCUT2D eigenvalue weighted by Gasteiger charge is -2.35. The highest BCUT2D eigenvalue weighted by atomic mass is 16.2. The first-order valence-electron chi connectivity index (χ1n) is 7.63. The van der Waals surface area contributed by atoms with Crippen LogP contribution < -0.4 is 5.32 Å². The van der Waals surface area contributed by atoms with Gasteiger partial charge in [-0.05, 0) is 18.8 Å². The van der Waals surface area contributed by atoms with Crippen molar-refractivity contribution in [1.82, 2.24) is 10.2 Å². The molecule has 0 aliphatic carbocycles. The average Bonchev–Trinajstić information content (AvgIpc) is 2.36. The van der Waals surface area contributed by atoms with Gasteiger partial charge in [0.05, 0.1) is 6.54 Å². The fraction of sp³-hybridized carbons (Fsp3) is 0.867. The van der Waals surface area contributed by atoms with Gasteiger partial charge in [0, 0.05) is 6.54 Å². The van der Waals surface area contributed by atoms with Crippen LogP contribution >= 0.6 is 0 Å². The minimum Gasteiger partial charge on any atom is -0.345 e. The van der Waals surface area contributed by atoms with Crippen LogP contribution in [0.25, 0.3) is 0 Å². The summed E-state index contributed by atoms with van der Waals surface area (Å²) in [6.07, 6.45) is 6.61. The van der Waals surface area contributed by atoms with Gasteiger partial charge in [-0.1, -0.05) is 46.5 Å². The number of nitrogens with one attached hydrogen (secondary N) is 1. The smallest absolute Gasteiger partial charge is 0.243 e. The Balaban J connectivity index is 2.48. The number of piperazine rings is 1. The van der Waals surface area contributed by atoms with Crippen LogP contribution in [0.3, 0.4) is 0 Å². The molecule has 1 aliphatic rings. The van der Waals surface area contributed by atoms with Gasteiger partial charge in [0.1, 0.15) is 6.04 Å². The molecule has 0 aromatic rings. The molecule has 0 spiro atoms. The fourth-order valence-electron chi connectivity index (χ4n) is 2.54. The van der Waals surface area contributed by atoms with E-state index in [4.69, 9.17) is 0 Å². The van der Waals surface area contributed by atoms with Crippen molar-refractivity contribution in [3.63, 3.8) is 0 Å². The molecule has 1 fully saturated rings. The number of rotatable bonds is 8. The molecule has 0 aromatic carbocycles. The molecular formula is C15H28N2O2. The first kappa shape index (κ1) is 16.0. The highest BCUT2D eigenvalue weighted by Crippen LogP contribution is 2.16. The van der Waals surface area contributed by atoms with Crippen molar-refractivity contribution in [1.29, 1.82) is 0 Å². The van der Waals surface area contributed by atoms with Crippen LogP contribution in [0.15, 0.2) is 0 Å². The lowest BCUT2D eigenvalue weighted by molar-refractivity contribution is -0.146. The van der Waals surface area contributed by atoms with E-state index >= 15 is 0 Å². The molecule has 4 heteroatoms. The minimum atomic E-state index is -0.257. The van der Waals surface area contributed by atoms with Gasteiger partial charge in [-0.2, -0.15) is 0 Å². The molecule has 4 nitrogen and oxygen atoms in total. The van der Waals surface area contributed by atoms with Gasteiger partial charge in [0.25, 0.3) is 0 Å². The first-order valence-corrected chi connectivity index (χ1v) is 7.63. The van der Waals surface area contributed by atoms with Gasteiger partial charge in [0.2, 0.25) is 11.8 Å². The highest BCUT2D eigenvalue weighted by molar-refractivity contribution is 5.94. The Labute approximate surface area is 116 Å². The number of hydrogen-bond donors (Lipinski definition) is 1. The van der Waals surface area contributed by atoms with Gasteiger partial charge in [-0.25, -0.2) is 0 Å². The summed E-state index contributed by atoms with van der Waals surface area (Å²) >= 11 is 0. The molecule has 19 heavy (non-hydrogen) atoms. The molecule has 1 saturated heterocycles. The third-order valence-corrected chi connectivity index (χ3v) is 3.61. The third kappa shape index (κ3) is 5.21. The first-order chi connectivity index (χ1) is 9.06. The highest BCUT2D eigenvalue weighted by Gasteiger charge is 2.34. The second kappa shape index (κ2) is 8.18. The predicted molar refractivity (Wildman–Crippen MR) is 76.7 cm³/mol. The predicted octanol–water partition coefficient (Wildman–Crippen LogP) is 2.33. The van der Waals surface area contributed by atoms with Crippen molar-refractivity contribution in [2.24, 2.45) is 5.92 Å². The number of carbonyl (C=O) groups excluding carboxylic acids is 2. The number of nitrogens with zero attached hydrogens (tertiary/aromatic N) is 1. The molecule has 2 amide bonds. The Morgan fingerprint density at radius 2 is 1.89 bits per heavy atom. The quantitative estimate of drug-likeness (QED) is 0.687. The summed E-state index contributed by atoms with van der Waals surface area (Å²) < 4.78 is 0. The Morgan fingerprint density at radius 3 is 2.53 bits per heavy atom. The normalized spacial score (nSPS) is 20.0. The second-order valence-electron chi connectivity index (χ2n) is 5.86. The van der Waals surface area contributed by atoms with E-state index in [1.165, 1.54) is 19.3 Å². The lowest BCUT2D eigenvalue weighted by atomic mass is 9.99. The van der Waals surface area contributed by atoms with Gasteiger partial charge in [0.15, 0.2) is 0 Å². The van der Waals surface area contributed by atoms with E-state index in [0.29, 0.717) is 5.92 Å². The summed E-state index contributed by atoms with van der Waals surface area (Å²) in [5.74, 6) is 0.506. The molecule has 110 valence electrons. The van der Waals surface area contributed by atoms with E-state index in [1.54, 1.807) is 4.90 Å². The minimum absolute atomic E-state index is 0.0156. The SMILES string of the molecule is CCCCCCCN1C(=O)CNC(=O)C1CC(C)C. The Hall–Kier alpha value is -1.06. The van der Waals surface area contributed by atoms with Crippen LogP contribution in [-0.2, 0) is 9.59 Å². The zero-order valence-electron chi connectivity index (χ0n) is 12.6. The molecule has 1 heterocycles. The molecule has 1 rings (SSSR count). The van der Waals surface area contributed by atoms with Crippen LogP contribution in [0, 0.1) is 5.92 Å². The van der Waals surface area contributed by atoms with Crippen LogP contribution in [-0.4, -0.2) is 35.8 Å². The third-order valence-electron chi connectivity index (χ3n) is 3.61. The van der Waals surface area contributed by atoms with Crippen molar-refractivity contribution in [3.05, 3.63) is 0 Å². The maximum absolute atomic E-state index is 12.0. The Morgan fingerprint density at radius 1 is 1.21 bits per heavy atom. The monoisotopic (exact) mass is 268 g/mol. The summed E-state index contributed by atoms with van der Waals surface area (Å²) in [6, 6.07) is -0.257. The van der Waals surface area contributed by atoms with Crippen LogP contribution in [0.2, 0.25) is 0 Å². The van der Waals surface area contributed by atoms with Crippen molar-refractivity contribution in [2.45, 2.75) is 65.3 Å². The Kier molecular flexibility index (Phi) is 6.89. The van der Waals surface area contributed by atoms with Crippen LogP contribution in [0.5, 0.6) is 0 Å². The van der Waals surface area contributed by atoms with Crippen molar-refractivity contribution in [3.8, 4) is 0 Å². The summed E-state index contributed by atoms with van der Waals surface area (Å²) in [5, 5.41) is 2.70. The molecule has 1 unspecified atom stereocenters. The summed E-state index contributed by atoms with van der Waals surface area (Å²) in [4.78, 5) is 25.7. The summed E-state index contributed by atoms with van der Waals surface area (Å²) in [7, 11) is 0. The maximum atomic E-state index is 12.0. The molecule has 1 atom stereocenters. The molecule has 0 aromatic heterocycles. The van der Waals surface area contributed by atoms with E-state index in [9.17, 15) is 9.59 Å². The number of unbranched alkanes of at least 4 members (excludes halogenated alkanes) is 4. The van der Waals surface area contributed by atoms with Crippen molar-refractivity contribution < 1.29 is 9.59 Å². The molecule has 0 radical (unpaired) electrons. The molecule has 1 aliphatic heterocycles. The fourth-order valence-corrected chi connectivity index (χ4v) is 2.54. The molecule has 0 bridgehead atoms. The number of carbonyl (C=O) groups is 2. The zero-order valence-corrected chi connectivity index (χ0v) is 12.6. The summed E-state index contributed by atoms with van der Waals surface area (Å²) in [5.41, 5.74) is 0. The van der Waals surface area contributed by atoms with Gasteiger partial charge >= 0.3 is 0 Å². The van der Waals surface area contributed by atoms with Gasteiger partial charge in [-0.3, -0.25) is 9.59 Å². The standard InChI is InChI=1S/C15H28N2O2/c1-4-5-6-7-8-9-17-13(10-12(2)3)15(19)16-11-14(17)18/h12-13H,4-11H2,1-3H3,(H,16,19). The van der Waals surface area contributed by atoms with Crippen molar-refractivity contribution in [2.75, 3.05) is 13.1 Å². The van der Waals surface area contributed by atoms with Gasteiger partial charge in [-0.15, -0.1) is 0 Å². The van der Waals surface area contributed by atoms with Gasteiger partial charge < -0.3 is 10.2 Å². The largest absolute Gasteiger partial charge is 0.345 e. The Bertz CT molecular complexity index is 303. The van der Waals surface area contributed by atoms with Crippen molar-refractivity contribution >= 4 is 11.8 Å². The maximum Gasteiger partial charge on any atom is 0.243 e. The van der Waals surface area contributed by atoms with E-state index in [1.807, 2.05) is 0 Å². The lowest BCUT2D eigenvalue weighted by Crippen LogP contribution is -2.58. The van der Waals surface area contributed by atoms with E-state index in [-0.39, 0.29) is 24.4 Å². The molecular weight excluding hydrogens is 240 g/mol. The van der Waals surface area contributed by atoms with E-state index in [2.05, 4.69) is 26.1 Å². The van der Waals surface area contributed by atoms with E-state index < -0.39 is 0 Å². The second-order valence-corrected chi connectivity index (χ2v) is 5.86. The zero-order chi connectivity index (χ0) is 14.3. The molecule has 1 N–H and O–H groups in total. The summed E-state index contributed by atoms with van der Waals surface area (Å²) in [6.45, 7) is 7.27. The van der Waals surface area contributed by atoms with E-state index in [0.717, 1.165) is 25.8 Å². The topological polar surface area (TPSA) is 49.4 Å². The number of hydrogen-bond acceptors (Lipinski definition) is 2. The molecule has 0 saturated carbocycles. The average molecular weight is 268 g/mol. The van der Waals surface area contributed by atoms with Crippen LogP contribution in [0.4, 0.5) is 0 Å². The number of amides is 2. The van der Waals surface area contributed by atoms with Crippen LogP contribution in [0.1, 0.15) is 59.3 Å².